The van der Waals surface area contributed by atoms with Crippen LogP contribution in [0.2, 0.25) is 0 Å². The van der Waals surface area contributed by atoms with E-state index in [2.05, 4.69) is 14.9 Å². The number of imidazole rings is 1. The SMILES string of the molecule is O=C(c1cn2c(n1)CCCC2)N1CCN2C(=O)NC[C@H]2C1. The minimum absolute atomic E-state index is 0.00380. The predicted octanol–water partition coefficient (Wildman–Crippen LogP) is 0.0690. The maximum atomic E-state index is 12.6. The highest BCUT2D eigenvalue weighted by atomic mass is 16.2. The van der Waals surface area contributed by atoms with Gasteiger partial charge in [-0.2, -0.15) is 0 Å². The first-order chi connectivity index (χ1) is 10.2. The van der Waals surface area contributed by atoms with Gasteiger partial charge in [0.2, 0.25) is 0 Å². The molecule has 4 heterocycles. The van der Waals surface area contributed by atoms with E-state index in [1.165, 1.54) is 0 Å². The summed E-state index contributed by atoms with van der Waals surface area (Å²) in [5.74, 6) is 1.02. The summed E-state index contributed by atoms with van der Waals surface area (Å²) in [7, 11) is 0. The molecule has 3 aliphatic heterocycles. The third kappa shape index (κ3) is 2.07. The molecule has 0 aromatic carbocycles. The van der Waals surface area contributed by atoms with Gasteiger partial charge in [-0.15, -0.1) is 0 Å². The molecule has 3 amide bonds. The molecule has 2 saturated heterocycles. The number of aromatic nitrogens is 2. The Labute approximate surface area is 122 Å². The van der Waals surface area contributed by atoms with Crippen LogP contribution < -0.4 is 5.32 Å². The van der Waals surface area contributed by atoms with Crippen molar-refractivity contribution in [1.29, 1.82) is 0 Å². The number of nitrogens with zero attached hydrogens (tertiary/aromatic N) is 4. The Kier molecular flexibility index (Phi) is 2.87. The second-order valence-corrected chi connectivity index (χ2v) is 5.98. The lowest BCUT2D eigenvalue weighted by molar-refractivity contribution is 0.0611. The number of urea groups is 1. The zero-order chi connectivity index (χ0) is 14.4. The van der Waals surface area contributed by atoms with Crippen LogP contribution in [-0.4, -0.2) is 63.5 Å². The number of piperazine rings is 1. The molecule has 2 fully saturated rings. The first-order valence-corrected chi connectivity index (χ1v) is 7.62. The first kappa shape index (κ1) is 12.7. The van der Waals surface area contributed by atoms with E-state index in [1.54, 1.807) is 0 Å². The number of fused-ring (bicyclic) bond motifs is 2. The van der Waals surface area contributed by atoms with Crippen molar-refractivity contribution in [2.24, 2.45) is 0 Å². The van der Waals surface area contributed by atoms with Crippen LogP contribution in [0, 0.1) is 0 Å². The van der Waals surface area contributed by atoms with Crippen molar-refractivity contribution in [3.05, 3.63) is 17.7 Å². The normalized spacial score (nSPS) is 24.6. The van der Waals surface area contributed by atoms with Crippen molar-refractivity contribution >= 4 is 11.9 Å². The molecule has 0 radical (unpaired) electrons. The van der Waals surface area contributed by atoms with Crippen LogP contribution in [0.15, 0.2) is 6.20 Å². The van der Waals surface area contributed by atoms with Crippen LogP contribution in [0.3, 0.4) is 0 Å². The molecule has 0 unspecified atom stereocenters. The molecule has 3 aliphatic rings. The van der Waals surface area contributed by atoms with E-state index in [9.17, 15) is 9.59 Å². The summed E-state index contributed by atoms with van der Waals surface area (Å²) >= 11 is 0. The van der Waals surface area contributed by atoms with E-state index in [4.69, 9.17) is 0 Å². The number of rotatable bonds is 1. The second kappa shape index (κ2) is 4.75. The lowest BCUT2D eigenvalue weighted by Gasteiger charge is -2.36. The predicted molar refractivity (Wildman–Crippen MR) is 75.0 cm³/mol. The standard InChI is InChI=1S/C14H19N5O2/c20-13(11-9-17-4-2-1-3-12(17)16-11)18-5-6-19-10(8-18)7-15-14(19)21/h9-10H,1-8H2,(H,15,21)/t10-/m0/s1. The van der Waals surface area contributed by atoms with Crippen molar-refractivity contribution in [3.63, 3.8) is 0 Å². The van der Waals surface area contributed by atoms with Crippen LogP contribution in [0.1, 0.15) is 29.2 Å². The number of aryl methyl sites for hydroxylation is 2. The summed E-state index contributed by atoms with van der Waals surface area (Å²) in [5.41, 5.74) is 0.553. The van der Waals surface area contributed by atoms with E-state index >= 15 is 0 Å². The van der Waals surface area contributed by atoms with Crippen LogP contribution in [0.4, 0.5) is 4.79 Å². The average Bonchev–Trinajstić information content (AvgIpc) is 3.10. The molecule has 0 saturated carbocycles. The number of carbonyl (C=O) groups excluding carboxylic acids is 2. The highest BCUT2D eigenvalue weighted by Gasteiger charge is 2.37. The topological polar surface area (TPSA) is 70.5 Å². The van der Waals surface area contributed by atoms with Crippen molar-refractivity contribution in [2.75, 3.05) is 26.2 Å². The van der Waals surface area contributed by atoms with Crippen LogP contribution >= 0.6 is 0 Å². The largest absolute Gasteiger partial charge is 0.336 e. The average molecular weight is 289 g/mol. The van der Waals surface area contributed by atoms with E-state index < -0.39 is 0 Å². The summed E-state index contributed by atoms with van der Waals surface area (Å²) in [6.45, 7) is 3.38. The van der Waals surface area contributed by atoms with Gasteiger partial charge in [-0.25, -0.2) is 9.78 Å². The molecule has 1 aromatic rings. The molecule has 7 heteroatoms. The fourth-order valence-corrected chi connectivity index (χ4v) is 3.47. The molecule has 0 bridgehead atoms. The fourth-order valence-electron chi connectivity index (χ4n) is 3.47. The van der Waals surface area contributed by atoms with Crippen LogP contribution in [-0.2, 0) is 13.0 Å². The van der Waals surface area contributed by atoms with Gasteiger partial charge in [-0.3, -0.25) is 4.79 Å². The highest BCUT2D eigenvalue weighted by molar-refractivity contribution is 5.92. The van der Waals surface area contributed by atoms with Gasteiger partial charge in [0.1, 0.15) is 11.5 Å². The Hall–Kier alpha value is -2.05. The lowest BCUT2D eigenvalue weighted by atomic mass is 10.2. The maximum absolute atomic E-state index is 12.6. The van der Waals surface area contributed by atoms with E-state index in [0.29, 0.717) is 31.9 Å². The summed E-state index contributed by atoms with van der Waals surface area (Å²) in [6.07, 6.45) is 5.16. The molecular formula is C14H19N5O2. The smallest absolute Gasteiger partial charge is 0.317 e. The van der Waals surface area contributed by atoms with Gasteiger partial charge >= 0.3 is 6.03 Å². The van der Waals surface area contributed by atoms with Crippen molar-refractivity contribution < 1.29 is 9.59 Å². The van der Waals surface area contributed by atoms with Gasteiger partial charge in [-0.05, 0) is 12.8 Å². The minimum Gasteiger partial charge on any atom is -0.336 e. The van der Waals surface area contributed by atoms with E-state index in [0.717, 1.165) is 31.6 Å². The molecule has 1 aromatic heterocycles. The third-order valence-corrected chi connectivity index (χ3v) is 4.65. The summed E-state index contributed by atoms with van der Waals surface area (Å²) in [4.78, 5) is 32.3. The van der Waals surface area contributed by atoms with Gasteiger partial charge in [0, 0.05) is 45.3 Å². The summed E-state index contributed by atoms with van der Waals surface area (Å²) in [6, 6.07) is 0.0944. The number of nitrogens with one attached hydrogen (secondary N) is 1. The molecule has 4 rings (SSSR count). The monoisotopic (exact) mass is 289 g/mol. The minimum atomic E-state index is -0.00967. The number of hydrogen-bond acceptors (Lipinski definition) is 3. The number of carbonyl (C=O) groups is 2. The van der Waals surface area contributed by atoms with Crippen molar-refractivity contribution in [2.45, 2.75) is 31.8 Å². The maximum Gasteiger partial charge on any atom is 0.317 e. The molecule has 7 nitrogen and oxygen atoms in total. The fraction of sp³-hybridized carbons (Fsp3) is 0.643. The molecule has 1 atom stereocenters. The third-order valence-electron chi connectivity index (χ3n) is 4.65. The van der Waals surface area contributed by atoms with Gasteiger partial charge in [0.15, 0.2) is 0 Å². The van der Waals surface area contributed by atoms with Gasteiger partial charge in [0.05, 0.1) is 6.04 Å². The molecular weight excluding hydrogens is 270 g/mol. The molecule has 0 aliphatic carbocycles. The molecule has 1 N–H and O–H groups in total. The summed E-state index contributed by atoms with van der Waals surface area (Å²) < 4.78 is 2.10. The molecule has 21 heavy (non-hydrogen) atoms. The number of hydrogen-bond donors (Lipinski definition) is 1. The Morgan fingerprint density at radius 1 is 1.29 bits per heavy atom. The van der Waals surface area contributed by atoms with Crippen LogP contribution in [0.25, 0.3) is 0 Å². The Morgan fingerprint density at radius 3 is 3.05 bits per heavy atom. The van der Waals surface area contributed by atoms with E-state index in [1.807, 2.05) is 16.0 Å². The first-order valence-electron chi connectivity index (χ1n) is 7.62. The zero-order valence-electron chi connectivity index (χ0n) is 11.9. The van der Waals surface area contributed by atoms with Crippen molar-refractivity contribution in [1.82, 2.24) is 24.7 Å². The second-order valence-electron chi connectivity index (χ2n) is 5.98. The van der Waals surface area contributed by atoms with E-state index in [-0.39, 0.29) is 18.0 Å². The lowest BCUT2D eigenvalue weighted by Crippen LogP contribution is -2.53. The number of amides is 3. The molecule has 112 valence electrons. The zero-order valence-corrected chi connectivity index (χ0v) is 11.9. The molecule has 0 spiro atoms. The highest BCUT2D eigenvalue weighted by Crippen LogP contribution is 2.19. The van der Waals surface area contributed by atoms with Gasteiger partial charge < -0.3 is 19.7 Å². The summed E-state index contributed by atoms with van der Waals surface area (Å²) in [5, 5.41) is 2.83. The van der Waals surface area contributed by atoms with Gasteiger partial charge in [-0.1, -0.05) is 0 Å². The van der Waals surface area contributed by atoms with Crippen molar-refractivity contribution in [3.8, 4) is 0 Å². The Morgan fingerprint density at radius 2 is 2.19 bits per heavy atom. The van der Waals surface area contributed by atoms with Crippen LogP contribution in [0.5, 0.6) is 0 Å². The van der Waals surface area contributed by atoms with Gasteiger partial charge in [0.25, 0.3) is 5.91 Å². The Bertz CT molecular complexity index is 573. The Balaban J connectivity index is 1.50. The quantitative estimate of drug-likeness (QED) is 0.795.